The number of benzene rings is 1. The molecule has 8 heteroatoms. The van der Waals surface area contributed by atoms with Gasteiger partial charge in [0.25, 0.3) is 11.8 Å². The molecule has 4 rings (SSSR count). The molecule has 0 aliphatic carbocycles. The number of fused-ring (bicyclic) bond motifs is 1. The Morgan fingerprint density at radius 3 is 2.96 bits per heavy atom. The van der Waals surface area contributed by atoms with Crippen molar-refractivity contribution in [1.29, 1.82) is 0 Å². The number of amides is 2. The van der Waals surface area contributed by atoms with Gasteiger partial charge in [0.05, 0.1) is 5.69 Å². The third kappa shape index (κ3) is 3.64. The molecule has 0 saturated heterocycles. The van der Waals surface area contributed by atoms with Crippen molar-refractivity contribution in [1.82, 2.24) is 15.3 Å². The highest BCUT2D eigenvalue weighted by Crippen LogP contribution is 2.32. The predicted molar refractivity (Wildman–Crippen MR) is 95.0 cm³/mol. The van der Waals surface area contributed by atoms with Crippen molar-refractivity contribution >= 4 is 17.5 Å². The summed E-state index contributed by atoms with van der Waals surface area (Å²) in [4.78, 5) is 34.2. The number of oxazole rings is 1. The van der Waals surface area contributed by atoms with Gasteiger partial charge >= 0.3 is 0 Å². The summed E-state index contributed by atoms with van der Waals surface area (Å²) in [5.41, 5.74) is 1.68. The van der Waals surface area contributed by atoms with Crippen molar-refractivity contribution in [2.75, 3.05) is 11.5 Å². The Bertz CT molecular complexity index is 971. The molecule has 0 bridgehead atoms. The standard InChI is InChI=1S/C19H16N4O4/c24-18-12-26-16-6-2-1-5-15(16)23(18)10-17-22-14(11-27-17)19(25)21-9-13-4-3-7-20-8-13/h1-8,11H,9-10,12H2,(H,21,25). The van der Waals surface area contributed by atoms with E-state index in [-0.39, 0.29) is 36.6 Å². The van der Waals surface area contributed by atoms with Crippen LogP contribution < -0.4 is 15.0 Å². The van der Waals surface area contributed by atoms with E-state index in [0.29, 0.717) is 18.0 Å². The maximum Gasteiger partial charge on any atom is 0.273 e. The van der Waals surface area contributed by atoms with Gasteiger partial charge in [-0.25, -0.2) is 4.98 Å². The fraction of sp³-hybridized carbons (Fsp3) is 0.158. The van der Waals surface area contributed by atoms with Gasteiger partial charge in [0.2, 0.25) is 5.89 Å². The number of anilines is 1. The molecule has 2 aromatic heterocycles. The van der Waals surface area contributed by atoms with Crippen LogP contribution in [0.1, 0.15) is 21.9 Å². The highest BCUT2D eigenvalue weighted by atomic mass is 16.5. The molecule has 3 aromatic rings. The van der Waals surface area contributed by atoms with Crippen molar-refractivity contribution in [3.63, 3.8) is 0 Å². The number of carbonyl (C=O) groups is 2. The molecule has 0 radical (unpaired) electrons. The second kappa shape index (κ2) is 7.28. The van der Waals surface area contributed by atoms with Crippen molar-refractivity contribution in [2.24, 2.45) is 0 Å². The quantitative estimate of drug-likeness (QED) is 0.743. The zero-order valence-electron chi connectivity index (χ0n) is 14.3. The Morgan fingerprint density at radius 2 is 2.11 bits per heavy atom. The van der Waals surface area contributed by atoms with Crippen LogP contribution in [0.15, 0.2) is 59.5 Å². The van der Waals surface area contributed by atoms with Gasteiger partial charge in [0, 0.05) is 18.9 Å². The van der Waals surface area contributed by atoms with E-state index in [4.69, 9.17) is 9.15 Å². The minimum Gasteiger partial charge on any atom is -0.482 e. The molecular weight excluding hydrogens is 348 g/mol. The molecule has 1 aromatic carbocycles. The molecule has 0 atom stereocenters. The zero-order chi connectivity index (χ0) is 18.6. The first kappa shape index (κ1) is 16.8. The third-order valence-electron chi connectivity index (χ3n) is 4.06. The normalized spacial score (nSPS) is 13.0. The van der Waals surface area contributed by atoms with E-state index in [2.05, 4.69) is 15.3 Å². The summed E-state index contributed by atoms with van der Waals surface area (Å²) < 4.78 is 10.8. The minimum absolute atomic E-state index is 0.0455. The molecule has 1 aliphatic rings. The molecule has 8 nitrogen and oxygen atoms in total. The molecule has 27 heavy (non-hydrogen) atoms. The Kier molecular flexibility index (Phi) is 4.52. The lowest BCUT2D eigenvalue weighted by Crippen LogP contribution is -2.38. The fourth-order valence-electron chi connectivity index (χ4n) is 2.73. The predicted octanol–water partition coefficient (Wildman–Crippen LogP) is 1.93. The lowest BCUT2D eigenvalue weighted by molar-refractivity contribution is -0.121. The monoisotopic (exact) mass is 364 g/mol. The summed E-state index contributed by atoms with van der Waals surface area (Å²) in [5.74, 6) is 0.335. The summed E-state index contributed by atoms with van der Waals surface area (Å²) in [6.45, 7) is 0.412. The number of aromatic nitrogens is 2. The lowest BCUT2D eigenvalue weighted by atomic mass is 10.2. The first-order valence-corrected chi connectivity index (χ1v) is 8.34. The van der Waals surface area contributed by atoms with Crippen LogP contribution in [0.3, 0.4) is 0 Å². The van der Waals surface area contributed by atoms with E-state index >= 15 is 0 Å². The van der Waals surface area contributed by atoms with Crippen molar-refractivity contribution in [2.45, 2.75) is 13.1 Å². The van der Waals surface area contributed by atoms with Gasteiger partial charge in [-0.15, -0.1) is 0 Å². The average Bonchev–Trinajstić information content (AvgIpc) is 3.18. The van der Waals surface area contributed by atoms with E-state index in [9.17, 15) is 9.59 Å². The summed E-state index contributed by atoms with van der Waals surface area (Å²) in [6, 6.07) is 10.9. The van der Waals surface area contributed by atoms with E-state index < -0.39 is 0 Å². The van der Waals surface area contributed by atoms with E-state index in [0.717, 1.165) is 5.56 Å². The molecule has 1 N–H and O–H groups in total. The summed E-state index contributed by atoms with van der Waals surface area (Å²) in [7, 11) is 0. The average molecular weight is 364 g/mol. The SMILES string of the molecule is O=C(NCc1cccnc1)c1coc(CN2C(=O)COc3ccccc32)n1. The molecule has 0 saturated carbocycles. The number of carbonyl (C=O) groups excluding carboxylic acids is 2. The number of para-hydroxylation sites is 2. The van der Waals surface area contributed by atoms with Gasteiger partial charge in [-0.1, -0.05) is 18.2 Å². The molecule has 0 spiro atoms. The summed E-state index contributed by atoms with van der Waals surface area (Å²) in [6.07, 6.45) is 4.63. The van der Waals surface area contributed by atoms with Gasteiger partial charge in [-0.05, 0) is 23.8 Å². The second-order valence-electron chi connectivity index (χ2n) is 5.91. The van der Waals surface area contributed by atoms with Crippen LogP contribution in [0.4, 0.5) is 5.69 Å². The number of hydrogen-bond donors (Lipinski definition) is 1. The van der Waals surface area contributed by atoms with Crippen LogP contribution in [0, 0.1) is 0 Å². The Morgan fingerprint density at radius 1 is 1.22 bits per heavy atom. The Balaban J connectivity index is 1.44. The number of nitrogens with zero attached hydrogens (tertiary/aromatic N) is 3. The van der Waals surface area contributed by atoms with Crippen LogP contribution in [0.25, 0.3) is 0 Å². The molecule has 136 valence electrons. The smallest absolute Gasteiger partial charge is 0.273 e. The number of ether oxygens (including phenoxy) is 1. The maximum absolute atomic E-state index is 12.2. The number of pyridine rings is 1. The van der Waals surface area contributed by atoms with Crippen LogP contribution in [0.2, 0.25) is 0 Å². The zero-order valence-corrected chi connectivity index (χ0v) is 14.3. The third-order valence-corrected chi connectivity index (χ3v) is 4.06. The van der Waals surface area contributed by atoms with E-state index in [1.54, 1.807) is 30.6 Å². The second-order valence-corrected chi connectivity index (χ2v) is 5.91. The van der Waals surface area contributed by atoms with Crippen molar-refractivity contribution in [3.05, 3.63) is 72.2 Å². The van der Waals surface area contributed by atoms with Crippen LogP contribution in [-0.4, -0.2) is 28.4 Å². The van der Waals surface area contributed by atoms with Gasteiger partial charge in [-0.2, -0.15) is 0 Å². The summed E-state index contributed by atoms with van der Waals surface area (Å²) in [5, 5.41) is 2.75. The molecule has 3 heterocycles. The topological polar surface area (TPSA) is 97.6 Å². The van der Waals surface area contributed by atoms with Crippen LogP contribution >= 0.6 is 0 Å². The highest BCUT2D eigenvalue weighted by Gasteiger charge is 2.27. The molecule has 0 unspecified atom stereocenters. The van der Waals surface area contributed by atoms with Gasteiger partial charge < -0.3 is 14.5 Å². The molecule has 1 aliphatic heterocycles. The maximum atomic E-state index is 12.2. The molecular formula is C19H16N4O4. The van der Waals surface area contributed by atoms with Gasteiger partial charge in [-0.3, -0.25) is 19.5 Å². The summed E-state index contributed by atoms with van der Waals surface area (Å²) >= 11 is 0. The largest absolute Gasteiger partial charge is 0.482 e. The van der Waals surface area contributed by atoms with Crippen molar-refractivity contribution in [3.8, 4) is 5.75 Å². The number of nitrogens with one attached hydrogen (secondary N) is 1. The Hall–Kier alpha value is -3.68. The van der Waals surface area contributed by atoms with Crippen LogP contribution in [-0.2, 0) is 17.9 Å². The van der Waals surface area contributed by atoms with Gasteiger partial charge in [0.1, 0.15) is 18.6 Å². The van der Waals surface area contributed by atoms with Crippen molar-refractivity contribution < 1.29 is 18.7 Å². The number of rotatable bonds is 5. The number of hydrogen-bond acceptors (Lipinski definition) is 6. The Labute approximate surface area is 154 Å². The first-order chi connectivity index (χ1) is 13.2. The van der Waals surface area contributed by atoms with Crippen LogP contribution in [0.5, 0.6) is 5.75 Å². The molecule has 2 amide bonds. The van der Waals surface area contributed by atoms with E-state index in [1.165, 1.54) is 11.2 Å². The lowest BCUT2D eigenvalue weighted by Gasteiger charge is -2.28. The fourth-order valence-corrected chi connectivity index (χ4v) is 2.73. The van der Waals surface area contributed by atoms with E-state index in [1.807, 2.05) is 18.2 Å². The van der Waals surface area contributed by atoms with Gasteiger partial charge in [0.15, 0.2) is 12.3 Å². The minimum atomic E-state index is -0.359. The highest BCUT2D eigenvalue weighted by molar-refractivity contribution is 5.97. The molecule has 0 fully saturated rings. The first-order valence-electron chi connectivity index (χ1n) is 8.34.